The predicted molar refractivity (Wildman–Crippen MR) is 88.8 cm³/mol. The lowest BCUT2D eigenvalue weighted by atomic mass is 10.00. The van der Waals surface area contributed by atoms with Crippen molar-refractivity contribution >= 4 is 11.6 Å². The van der Waals surface area contributed by atoms with Crippen LogP contribution in [0, 0.1) is 5.82 Å². The third-order valence-corrected chi connectivity index (χ3v) is 4.15. The van der Waals surface area contributed by atoms with Crippen molar-refractivity contribution < 1.29 is 4.39 Å². The van der Waals surface area contributed by atoms with Crippen molar-refractivity contribution in [3.8, 4) is 0 Å². The van der Waals surface area contributed by atoms with Gasteiger partial charge in [0.15, 0.2) is 0 Å². The number of benzene rings is 1. The van der Waals surface area contributed by atoms with E-state index >= 15 is 0 Å². The number of nitrogens with two attached hydrogens (primary N) is 1. The second kappa shape index (κ2) is 11.0. The third-order valence-electron chi connectivity index (χ3n) is 3.86. The molecule has 0 aromatic heterocycles. The molecule has 2 nitrogen and oxygen atoms in total. The van der Waals surface area contributed by atoms with Crippen molar-refractivity contribution in [3.05, 3.63) is 34.6 Å². The number of nitrogens with one attached hydrogen (secondary N) is 1. The normalized spacial score (nSPS) is 12.6. The van der Waals surface area contributed by atoms with E-state index < -0.39 is 0 Å². The first-order valence-corrected chi connectivity index (χ1v) is 8.45. The largest absolute Gasteiger partial charge is 0.271 e. The second-order valence-corrected chi connectivity index (χ2v) is 6.13. The lowest BCUT2D eigenvalue weighted by molar-refractivity contribution is 0.458. The number of hydrogen-bond acceptors (Lipinski definition) is 2. The molecule has 1 atom stereocenters. The zero-order chi connectivity index (χ0) is 15.5. The molecule has 0 amide bonds. The molecule has 0 saturated heterocycles. The zero-order valence-electron chi connectivity index (χ0n) is 13.0. The summed E-state index contributed by atoms with van der Waals surface area (Å²) in [4.78, 5) is 0. The Morgan fingerprint density at radius 1 is 1.14 bits per heavy atom. The fourth-order valence-electron chi connectivity index (χ4n) is 2.54. The average molecular weight is 315 g/mol. The van der Waals surface area contributed by atoms with Crippen molar-refractivity contribution in [3.63, 3.8) is 0 Å². The molecular formula is C17H28ClFN2. The molecule has 3 N–H and O–H groups in total. The van der Waals surface area contributed by atoms with Crippen LogP contribution < -0.4 is 11.3 Å². The first-order valence-electron chi connectivity index (χ1n) is 8.07. The summed E-state index contributed by atoms with van der Waals surface area (Å²) in [5, 5.41) is 0.180. The monoisotopic (exact) mass is 314 g/mol. The molecule has 0 bridgehead atoms. The second-order valence-electron chi connectivity index (χ2n) is 5.73. The van der Waals surface area contributed by atoms with Crippen LogP contribution in [0.25, 0.3) is 0 Å². The van der Waals surface area contributed by atoms with Crippen molar-refractivity contribution in [1.82, 2.24) is 5.43 Å². The topological polar surface area (TPSA) is 38.0 Å². The van der Waals surface area contributed by atoms with Crippen molar-refractivity contribution in [1.29, 1.82) is 0 Å². The summed E-state index contributed by atoms with van der Waals surface area (Å²) in [6.07, 6.45) is 10.9. The first kappa shape index (κ1) is 18.4. The van der Waals surface area contributed by atoms with Gasteiger partial charge < -0.3 is 0 Å². The molecule has 1 unspecified atom stereocenters. The van der Waals surface area contributed by atoms with E-state index in [0.717, 1.165) is 18.4 Å². The van der Waals surface area contributed by atoms with Crippen LogP contribution >= 0.6 is 11.6 Å². The molecular weight excluding hydrogens is 287 g/mol. The van der Waals surface area contributed by atoms with Gasteiger partial charge in [0.2, 0.25) is 0 Å². The average Bonchev–Trinajstić information content (AvgIpc) is 2.48. The Morgan fingerprint density at radius 3 is 2.43 bits per heavy atom. The number of hydrazine groups is 1. The van der Waals surface area contributed by atoms with E-state index in [1.54, 1.807) is 12.1 Å². The SMILES string of the molecule is CCCCCCCCCC(Cc1ccc(F)c(Cl)c1)NN. The number of unbranched alkanes of at least 4 members (excludes halogenated alkanes) is 6. The minimum atomic E-state index is -0.371. The molecule has 0 aliphatic heterocycles. The van der Waals surface area contributed by atoms with Gasteiger partial charge in [0.05, 0.1) is 5.02 Å². The Balaban J connectivity index is 2.23. The molecule has 21 heavy (non-hydrogen) atoms. The van der Waals surface area contributed by atoms with Crippen LogP contribution in [0.1, 0.15) is 63.9 Å². The third kappa shape index (κ3) is 7.79. The van der Waals surface area contributed by atoms with Crippen LogP contribution in [0.5, 0.6) is 0 Å². The standard InChI is InChI=1S/C17H28ClFN2/c1-2-3-4-5-6-7-8-9-15(21-20)12-14-10-11-17(19)16(18)13-14/h10-11,13,15,21H,2-9,12,20H2,1H3. The van der Waals surface area contributed by atoms with Crippen molar-refractivity contribution in [2.24, 2.45) is 5.84 Å². The van der Waals surface area contributed by atoms with Gasteiger partial charge in [0, 0.05) is 6.04 Å². The van der Waals surface area contributed by atoms with E-state index in [1.807, 2.05) is 0 Å². The Hall–Kier alpha value is -0.640. The summed E-state index contributed by atoms with van der Waals surface area (Å²) in [5.41, 5.74) is 3.88. The molecule has 0 aliphatic carbocycles. The van der Waals surface area contributed by atoms with Gasteiger partial charge in [0.25, 0.3) is 0 Å². The summed E-state index contributed by atoms with van der Waals surface area (Å²) < 4.78 is 13.1. The van der Waals surface area contributed by atoms with Gasteiger partial charge in [-0.1, -0.05) is 69.5 Å². The molecule has 0 aliphatic rings. The molecule has 0 spiro atoms. The highest BCUT2D eigenvalue weighted by Crippen LogP contribution is 2.18. The molecule has 120 valence electrons. The van der Waals surface area contributed by atoms with Crippen LogP contribution in [0.2, 0.25) is 5.02 Å². The minimum Gasteiger partial charge on any atom is -0.271 e. The van der Waals surface area contributed by atoms with Gasteiger partial charge in [0.1, 0.15) is 5.82 Å². The Morgan fingerprint density at radius 2 is 1.81 bits per heavy atom. The molecule has 4 heteroatoms. The van der Waals surface area contributed by atoms with Crippen LogP contribution in [-0.2, 0) is 6.42 Å². The van der Waals surface area contributed by atoms with Crippen molar-refractivity contribution in [2.45, 2.75) is 70.8 Å². The van der Waals surface area contributed by atoms with Gasteiger partial charge in [-0.25, -0.2) is 4.39 Å². The Kier molecular flexibility index (Phi) is 9.64. The Labute approximate surface area is 133 Å². The maximum Gasteiger partial charge on any atom is 0.141 e. The Bertz CT molecular complexity index is 398. The molecule has 0 saturated carbocycles. The summed E-state index contributed by atoms with van der Waals surface area (Å²) in [7, 11) is 0. The van der Waals surface area contributed by atoms with E-state index in [1.165, 1.54) is 51.0 Å². The summed E-state index contributed by atoms with van der Waals surface area (Å²) in [5.74, 6) is 5.24. The van der Waals surface area contributed by atoms with Crippen molar-refractivity contribution in [2.75, 3.05) is 0 Å². The summed E-state index contributed by atoms with van der Waals surface area (Å²) >= 11 is 5.80. The van der Waals surface area contributed by atoms with Crippen LogP contribution in [-0.4, -0.2) is 6.04 Å². The lowest BCUT2D eigenvalue weighted by Crippen LogP contribution is -2.36. The fourth-order valence-corrected chi connectivity index (χ4v) is 2.75. The fraction of sp³-hybridized carbons (Fsp3) is 0.647. The smallest absolute Gasteiger partial charge is 0.141 e. The van der Waals surface area contributed by atoms with E-state index in [9.17, 15) is 4.39 Å². The van der Waals surface area contributed by atoms with Gasteiger partial charge >= 0.3 is 0 Å². The minimum absolute atomic E-state index is 0.180. The molecule has 1 aromatic carbocycles. The van der Waals surface area contributed by atoms with Gasteiger partial charge in [-0.15, -0.1) is 0 Å². The van der Waals surface area contributed by atoms with Gasteiger partial charge in [-0.2, -0.15) is 0 Å². The maximum absolute atomic E-state index is 13.1. The molecule has 0 radical (unpaired) electrons. The lowest BCUT2D eigenvalue weighted by Gasteiger charge is -2.16. The molecule has 1 aromatic rings. The van der Waals surface area contributed by atoms with E-state index in [0.29, 0.717) is 0 Å². The van der Waals surface area contributed by atoms with E-state index in [-0.39, 0.29) is 16.9 Å². The highest BCUT2D eigenvalue weighted by molar-refractivity contribution is 6.30. The number of halogens is 2. The van der Waals surface area contributed by atoms with Gasteiger partial charge in [-0.3, -0.25) is 11.3 Å². The number of rotatable bonds is 11. The van der Waals surface area contributed by atoms with E-state index in [2.05, 4.69) is 12.3 Å². The molecule has 0 heterocycles. The maximum atomic E-state index is 13.1. The number of hydrogen-bond donors (Lipinski definition) is 2. The van der Waals surface area contributed by atoms with Crippen LogP contribution in [0.3, 0.4) is 0 Å². The summed E-state index contributed by atoms with van der Waals surface area (Å²) in [6.45, 7) is 2.24. The van der Waals surface area contributed by atoms with Crippen LogP contribution in [0.15, 0.2) is 18.2 Å². The zero-order valence-corrected chi connectivity index (χ0v) is 13.8. The quantitative estimate of drug-likeness (QED) is 0.343. The molecule has 0 fully saturated rings. The highest BCUT2D eigenvalue weighted by atomic mass is 35.5. The van der Waals surface area contributed by atoms with Gasteiger partial charge in [-0.05, 0) is 30.5 Å². The first-order chi connectivity index (χ1) is 10.2. The molecule has 1 rings (SSSR count). The highest BCUT2D eigenvalue weighted by Gasteiger charge is 2.09. The summed E-state index contributed by atoms with van der Waals surface area (Å²) in [6, 6.07) is 5.10. The predicted octanol–water partition coefficient (Wildman–Crippen LogP) is 4.99. The van der Waals surface area contributed by atoms with Crippen LogP contribution in [0.4, 0.5) is 4.39 Å². The van der Waals surface area contributed by atoms with E-state index in [4.69, 9.17) is 17.4 Å².